The van der Waals surface area contributed by atoms with Gasteiger partial charge in [-0.3, -0.25) is 0 Å². The first-order chi connectivity index (χ1) is 6.88. The molecule has 0 spiro atoms. The van der Waals surface area contributed by atoms with Crippen LogP contribution in [-0.2, 0) is 0 Å². The first kappa shape index (κ1) is 12.0. The van der Waals surface area contributed by atoms with E-state index in [2.05, 4.69) is 19.6 Å². The van der Waals surface area contributed by atoms with E-state index in [1.807, 2.05) is 0 Å². The second-order valence-electron chi connectivity index (χ2n) is 4.77. The van der Waals surface area contributed by atoms with E-state index in [9.17, 15) is 4.39 Å². The number of benzene rings is 1. The van der Waals surface area contributed by atoms with Crippen molar-refractivity contribution in [3.63, 3.8) is 0 Å². The van der Waals surface area contributed by atoms with Crippen molar-refractivity contribution in [3.8, 4) is 11.5 Å². The molecule has 0 bridgehead atoms. The van der Waals surface area contributed by atoms with Gasteiger partial charge in [-0.05, 0) is 18.2 Å². The summed E-state index contributed by atoms with van der Waals surface area (Å²) in [7, 11) is -1.10. The molecule has 0 saturated heterocycles. The number of hydrogen-bond acceptors (Lipinski definition) is 2. The molecule has 1 N–H and O–H groups in total. The zero-order valence-corrected chi connectivity index (χ0v) is 10.4. The maximum Gasteiger partial charge on any atom is 0.168 e. The molecule has 15 heavy (non-hydrogen) atoms. The highest BCUT2D eigenvalue weighted by molar-refractivity contribution is 6.76. The van der Waals surface area contributed by atoms with Gasteiger partial charge in [-0.1, -0.05) is 19.6 Å². The third-order valence-electron chi connectivity index (χ3n) is 2.04. The molecule has 4 heteroatoms. The summed E-state index contributed by atoms with van der Waals surface area (Å²) in [5.41, 5.74) is 0. The Bertz CT molecular complexity index is 334. The highest BCUT2D eigenvalue weighted by Crippen LogP contribution is 2.21. The number of halogens is 1. The quantitative estimate of drug-likeness (QED) is 0.802. The molecule has 0 radical (unpaired) electrons. The largest absolute Gasteiger partial charge is 0.505 e. The van der Waals surface area contributed by atoms with E-state index < -0.39 is 13.9 Å². The lowest BCUT2D eigenvalue weighted by Gasteiger charge is -2.15. The van der Waals surface area contributed by atoms with Crippen molar-refractivity contribution in [3.05, 3.63) is 24.0 Å². The van der Waals surface area contributed by atoms with Gasteiger partial charge in [0.15, 0.2) is 11.6 Å². The first-order valence-electron chi connectivity index (χ1n) is 5.00. The summed E-state index contributed by atoms with van der Waals surface area (Å²) < 4.78 is 18.3. The highest BCUT2D eigenvalue weighted by Gasteiger charge is 2.12. The van der Waals surface area contributed by atoms with Gasteiger partial charge in [0.1, 0.15) is 5.75 Å². The predicted octanol–water partition coefficient (Wildman–Crippen LogP) is 3.25. The molecule has 84 valence electrons. The summed E-state index contributed by atoms with van der Waals surface area (Å²) in [6.45, 7) is 7.38. The number of hydrogen-bond donors (Lipinski definition) is 1. The zero-order chi connectivity index (χ0) is 11.5. The van der Waals surface area contributed by atoms with Gasteiger partial charge in [-0.15, -0.1) is 0 Å². The molecule has 0 aliphatic carbocycles. The Morgan fingerprint density at radius 2 is 2.00 bits per heavy atom. The van der Waals surface area contributed by atoms with E-state index in [0.29, 0.717) is 12.4 Å². The maximum absolute atomic E-state index is 12.9. The van der Waals surface area contributed by atoms with Crippen LogP contribution in [-0.4, -0.2) is 19.8 Å². The van der Waals surface area contributed by atoms with Crippen LogP contribution >= 0.6 is 0 Å². The fourth-order valence-electron chi connectivity index (χ4n) is 1.05. The molecule has 0 saturated carbocycles. The van der Waals surface area contributed by atoms with Crippen LogP contribution in [0.1, 0.15) is 0 Å². The van der Waals surface area contributed by atoms with Gasteiger partial charge in [-0.25, -0.2) is 4.39 Å². The molecule has 0 aliphatic heterocycles. The predicted molar refractivity (Wildman–Crippen MR) is 61.7 cm³/mol. The summed E-state index contributed by atoms with van der Waals surface area (Å²) in [4.78, 5) is 0. The SMILES string of the molecule is C[Si](C)(C)CCOc1ccc(O)c(F)c1. The lowest BCUT2D eigenvalue weighted by atomic mass is 10.3. The molecule has 0 atom stereocenters. The first-order valence-corrected chi connectivity index (χ1v) is 8.70. The van der Waals surface area contributed by atoms with Gasteiger partial charge in [0, 0.05) is 14.1 Å². The molecule has 0 unspecified atom stereocenters. The minimum Gasteiger partial charge on any atom is -0.505 e. The third-order valence-corrected chi connectivity index (χ3v) is 3.74. The zero-order valence-electron chi connectivity index (χ0n) is 9.38. The molecular weight excluding hydrogens is 211 g/mol. The molecular formula is C11H17FO2Si. The van der Waals surface area contributed by atoms with Crippen molar-refractivity contribution in [2.45, 2.75) is 25.7 Å². The van der Waals surface area contributed by atoms with Crippen molar-refractivity contribution < 1.29 is 14.2 Å². The third kappa shape index (κ3) is 4.34. The van der Waals surface area contributed by atoms with Gasteiger partial charge in [0.05, 0.1) is 6.61 Å². The molecule has 2 nitrogen and oxygen atoms in total. The molecule has 0 heterocycles. The van der Waals surface area contributed by atoms with Gasteiger partial charge < -0.3 is 9.84 Å². The fourth-order valence-corrected chi connectivity index (χ4v) is 1.77. The van der Waals surface area contributed by atoms with Crippen LogP contribution in [0.15, 0.2) is 18.2 Å². The van der Waals surface area contributed by atoms with Crippen molar-refractivity contribution in [1.82, 2.24) is 0 Å². The Morgan fingerprint density at radius 3 is 2.53 bits per heavy atom. The fraction of sp³-hybridized carbons (Fsp3) is 0.455. The van der Waals surface area contributed by atoms with E-state index in [1.54, 1.807) is 6.07 Å². The van der Waals surface area contributed by atoms with Crippen LogP contribution in [0, 0.1) is 5.82 Å². The summed E-state index contributed by atoms with van der Waals surface area (Å²) >= 11 is 0. The lowest BCUT2D eigenvalue weighted by molar-refractivity contribution is 0.334. The second-order valence-corrected chi connectivity index (χ2v) is 10.4. The normalized spacial score (nSPS) is 11.5. The minimum absolute atomic E-state index is 0.340. The number of phenolic OH excluding ortho intramolecular Hbond substituents is 1. The van der Waals surface area contributed by atoms with Crippen molar-refractivity contribution in [1.29, 1.82) is 0 Å². The minimum atomic E-state index is -1.10. The van der Waals surface area contributed by atoms with E-state index in [-0.39, 0.29) is 5.75 Å². The number of rotatable bonds is 4. The maximum atomic E-state index is 12.9. The smallest absolute Gasteiger partial charge is 0.168 e. The molecule has 0 fully saturated rings. The van der Waals surface area contributed by atoms with Crippen LogP contribution < -0.4 is 4.74 Å². The lowest BCUT2D eigenvalue weighted by Crippen LogP contribution is -2.22. The second kappa shape index (κ2) is 4.66. The van der Waals surface area contributed by atoms with Crippen molar-refractivity contribution in [2.75, 3.05) is 6.61 Å². The van der Waals surface area contributed by atoms with Gasteiger partial charge >= 0.3 is 0 Å². The van der Waals surface area contributed by atoms with E-state index in [1.165, 1.54) is 12.1 Å². The Balaban J connectivity index is 2.48. The Morgan fingerprint density at radius 1 is 1.33 bits per heavy atom. The number of ether oxygens (including phenoxy) is 1. The molecule has 1 aromatic carbocycles. The van der Waals surface area contributed by atoms with Gasteiger partial charge in [0.25, 0.3) is 0 Å². The van der Waals surface area contributed by atoms with E-state index in [4.69, 9.17) is 9.84 Å². The van der Waals surface area contributed by atoms with Crippen LogP contribution in [0.4, 0.5) is 4.39 Å². The number of phenols is 1. The average molecular weight is 228 g/mol. The molecule has 0 aromatic heterocycles. The summed E-state index contributed by atoms with van der Waals surface area (Å²) in [6, 6.07) is 5.12. The topological polar surface area (TPSA) is 29.5 Å². The average Bonchev–Trinajstić information content (AvgIpc) is 2.09. The Kier molecular flexibility index (Phi) is 3.74. The molecule has 0 amide bonds. The summed E-state index contributed by atoms with van der Waals surface area (Å²) in [5.74, 6) is -0.503. The standard InChI is InChI=1S/C11H17FO2Si/c1-15(2,3)7-6-14-9-4-5-11(13)10(12)8-9/h4-5,8,13H,6-7H2,1-3H3. The Labute approximate surface area is 90.7 Å². The molecule has 1 rings (SSSR count). The van der Waals surface area contributed by atoms with Crippen LogP contribution in [0.25, 0.3) is 0 Å². The van der Waals surface area contributed by atoms with Crippen LogP contribution in [0.2, 0.25) is 25.7 Å². The van der Waals surface area contributed by atoms with Gasteiger partial charge in [-0.2, -0.15) is 0 Å². The van der Waals surface area contributed by atoms with E-state index >= 15 is 0 Å². The van der Waals surface area contributed by atoms with Crippen LogP contribution in [0.3, 0.4) is 0 Å². The van der Waals surface area contributed by atoms with E-state index in [0.717, 1.165) is 6.04 Å². The molecule has 1 aromatic rings. The number of aromatic hydroxyl groups is 1. The summed E-state index contributed by atoms with van der Waals surface area (Å²) in [5, 5.41) is 8.97. The summed E-state index contributed by atoms with van der Waals surface area (Å²) in [6.07, 6.45) is 0. The molecule has 0 aliphatic rings. The van der Waals surface area contributed by atoms with Crippen molar-refractivity contribution in [2.24, 2.45) is 0 Å². The Hall–Kier alpha value is -1.03. The monoisotopic (exact) mass is 228 g/mol. The highest BCUT2D eigenvalue weighted by atomic mass is 28.3. The van der Waals surface area contributed by atoms with Gasteiger partial charge in [0.2, 0.25) is 0 Å². The van der Waals surface area contributed by atoms with Crippen LogP contribution in [0.5, 0.6) is 11.5 Å². The van der Waals surface area contributed by atoms with Crippen molar-refractivity contribution >= 4 is 8.07 Å².